The normalized spacial score (nSPS) is 12.9. The molecule has 0 aliphatic rings. The van der Waals surface area contributed by atoms with Gasteiger partial charge in [0.2, 0.25) is 0 Å². The zero-order valence-corrected chi connectivity index (χ0v) is 15.7. The summed E-state index contributed by atoms with van der Waals surface area (Å²) in [6.45, 7) is 7.96. The molecule has 0 radical (unpaired) electrons. The summed E-state index contributed by atoms with van der Waals surface area (Å²) >= 11 is 1.70. The Morgan fingerprint density at radius 1 is 1.25 bits per heavy atom. The highest BCUT2D eigenvalue weighted by atomic mass is 32.1. The number of thiazole rings is 1. The third-order valence-electron chi connectivity index (χ3n) is 3.74. The second-order valence-corrected chi connectivity index (χ2v) is 7.00. The molecular weight excluding hydrogens is 316 g/mol. The number of hydrogen-bond donors (Lipinski definition) is 2. The van der Waals surface area contributed by atoms with E-state index in [9.17, 15) is 0 Å². The lowest BCUT2D eigenvalue weighted by atomic mass is 10.1. The van der Waals surface area contributed by atoms with Gasteiger partial charge < -0.3 is 10.6 Å². The maximum atomic E-state index is 4.67. The molecule has 2 aromatic rings. The van der Waals surface area contributed by atoms with Crippen molar-refractivity contribution < 1.29 is 0 Å². The van der Waals surface area contributed by atoms with E-state index in [4.69, 9.17) is 0 Å². The summed E-state index contributed by atoms with van der Waals surface area (Å²) in [7, 11) is 0. The van der Waals surface area contributed by atoms with Crippen molar-refractivity contribution in [3.05, 3.63) is 52.0 Å². The van der Waals surface area contributed by atoms with Crippen LogP contribution in [0.1, 0.15) is 36.5 Å². The molecule has 0 saturated carbocycles. The lowest BCUT2D eigenvalue weighted by Gasteiger charge is -2.17. The molecular formula is C19H28N4S. The van der Waals surface area contributed by atoms with Crippen molar-refractivity contribution in [1.29, 1.82) is 0 Å². The SMILES string of the molecule is CCNC(=NCCc1csc(C)n1)NC(C)CCc1ccccc1. The van der Waals surface area contributed by atoms with E-state index >= 15 is 0 Å². The van der Waals surface area contributed by atoms with E-state index in [0.29, 0.717) is 6.04 Å². The number of hydrogen-bond acceptors (Lipinski definition) is 3. The van der Waals surface area contributed by atoms with Gasteiger partial charge in [-0.05, 0) is 39.2 Å². The molecule has 0 aliphatic carbocycles. The number of guanidine groups is 1. The highest BCUT2D eigenvalue weighted by molar-refractivity contribution is 7.09. The van der Waals surface area contributed by atoms with Crippen molar-refractivity contribution in [3.63, 3.8) is 0 Å². The maximum Gasteiger partial charge on any atom is 0.191 e. The van der Waals surface area contributed by atoms with Crippen LogP contribution < -0.4 is 10.6 Å². The van der Waals surface area contributed by atoms with Crippen molar-refractivity contribution in [2.24, 2.45) is 4.99 Å². The largest absolute Gasteiger partial charge is 0.357 e. The lowest BCUT2D eigenvalue weighted by Crippen LogP contribution is -2.42. The fourth-order valence-corrected chi connectivity index (χ4v) is 3.11. The Balaban J connectivity index is 1.79. The first-order valence-electron chi connectivity index (χ1n) is 8.67. The minimum atomic E-state index is 0.379. The summed E-state index contributed by atoms with van der Waals surface area (Å²) in [6, 6.07) is 11.0. The number of nitrogens with zero attached hydrogens (tertiary/aromatic N) is 2. The smallest absolute Gasteiger partial charge is 0.191 e. The van der Waals surface area contributed by atoms with Crippen LogP contribution in [0.5, 0.6) is 0 Å². The Morgan fingerprint density at radius 2 is 2.04 bits per heavy atom. The molecule has 1 aromatic carbocycles. The minimum absolute atomic E-state index is 0.379. The highest BCUT2D eigenvalue weighted by Gasteiger charge is 2.06. The molecule has 0 fully saturated rings. The molecule has 0 amide bonds. The molecule has 2 N–H and O–H groups in total. The van der Waals surface area contributed by atoms with Crippen LogP contribution in [0.15, 0.2) is 40.7 Å². The van der Waals surface area contributed by atoms with Crippen LogP contribution in [0.3, 0.4) is 0 Å². The highest BCUT2D eigenvalue weighted by Crippen LogP contribution is 2.08. The Hall–Kier alpha value is -1.88. The molecule has 1 aromatic heterocycles. The fourth-order valence-electron chi connectivity index (χ4n) is 2.46. The molecule has 0 bridgehead atoms. The van der Waals surface area contributed by atoms with Gasteiger partial charge in [-0.2, -0.15) is 0 Å². The van der Waals surface area contributed by atoms with Crippen LogP contribution in [0.4, 0.5) is 0 Å². The first kappa shape index (κ1) is 18.5. The Morgan fingerprint density at radius 3 is 2.71 bits per heavy atom. The lowest BCUT2D eigenvalue weighted by molar-refractivity contribution is 0.593. The van der Waals surface area contributed by atoms with E-state index in [0.717, 1.165) is 49.0 Å². The van der Waals surface area contributed by atoms with E-state index in [1.807, 2.05) is 6.92 Å². The number of nitrogens with one attached hydrogen (secondary N) is 2. The summed E-state index contributed by atoms with van der Waals surface area (Å²) < 4.78 is 0. The molecule has 130 valence electrons. The minimum Gasteiger partial charge on any atom is -0.357 e. The van der Waals surface area contributed by atoms with E-state index in [1.165, 1.54) is 5.56 Å². The Kier molecular flexibility index (Phi) is 7.75. The van der Waals surface area contributed by atoms with Crippen LogP contribution in [0.2, 0.25) is 0 Å². The van der Waals surface area contributed by atoms with E-state index < -0.39 is 0 Å². The van der Waals surface area contributed by atoms with Crippen molar-refractivity contribution in [2.75, 3.05) is 13.1 Å². The van der Waals surface area contributed by atoms with Gasteiger partial charge in [-0.25, -0.2) is 4.98 Å². The van der Waals surface area contributed by atoms with Gasteiger partial charge in [0.1, 0.15) is 0 Å². The molecule has 1 unspecified atom stereocenters. The van der Waals surface area contributed by atoms with Crippen molar-refractivity contribution >= 4 is 17.3 Å². The van der Waals surface area contributed by atoms with Gasteiger partial charge in [0.25, 0.3) is 0 Å². The Labute approximate surface area is 149 Å². The molecule has 0 saturated heterocycles. The van der Waals surface area contributed by atoms with E-state index in [2.05, 4.69) is 70.2 Å². The van der Waals surface area contributed by atoms with Gasteiger partial charge in [-0.15, -0.1) is 11.3 Å². The average Bonchev–Trinajstić information content (AvgIpc) is 2.99. The molecule has 24 heavy (non-hydrogen) atoms. The van der Waals surface area contributed by atoms with Crippen LogP contribution in [-0.2, 0) is 12.8 Å². The summed E-state index contributed by atoms with van der Waals surface area (Å²) in [5.41, 5.74) is 2.52. The quantitative estimate of drug-likeness (QED) is 0.568. The standard InChI is InChI=1S/C19H28N4S/c1-4-20-19(21-13-12-18-14-24-16(3)23-18)22-15(2)10-11-17-8-6-5-7-9-17/h5-9,14-15H,4,10-13H2,1-3H3,(H2,20,21,22). The second kappa shape index (κ2) is 10.1. The summed E-state index contributed by atoms with van der Waals surface area (Å²) in [4.78, 5) is 9.16. The summed E-state index contributed by atoms with van der Waals surface area (Å²) in [6.07, 6.45) is 3.05. The molecule has 5 heteroatoms. The van der Waals surface area contributed by atoms with Crippen molar-refractivity contribution in [2.45, 2.75) is 46.1 Å². The predicted octanol–water partition coefficient (Wildman–Crippen LogP) is 3.57. The van der Waals surface area contributed by atoms with E-state index in [1.54, 1.807) is 11.3 Å². The van der Waals surface area contributed by atoms with Crippen LogP contribution >= 0.6 is 11.3 Å². The van der Waals surface area contributed by atoms with Gasteiger partial charge in [0.15, 0.2) is 5.96 Å². The zero-order chi connectivity index (χ0) is 17.2. The zero-order valence-electron chi connectivity index (χ0n) is 14.9. The Bertz CT molecular complexity index is 621. The van der Waals surface area contributed by atoms with Gasteiger partial charge >= 0.3 is 0 Å². The molecule has 4 nitrogen and oxygen atoms in total. The summed E-state index contributed by atoms with van der Waals surface area (Å²) in [5, 5.41) is 10.1. The van der Waals surface area contributed by atoms with Gasteiger partial charge in [0.05, 0.1) is 10.7 Å². The maximum absolute atomic E-state index is 4.67. The van der Waals surface area contributed by atoms with Gasteiger partial charge in [0, 0.05) is 30.9 Å². The molecule has 0 spiro atoms. The van der Waals surface area contributed by atoms with Crippen molar-refractivity contribution in [3.8, 4) is 0 Å². The number of benzene rings is 1. The molecule has 0 aliphatic heterocycles. The topological polar surface area (TPSA) is 49.3 Å². The molecule has 1 heterocycles. The summed E-state index contributed by atoms with van der Waals surface area (Å²) in [5.74, 6) is 0.894. The van der Waals surface area contributed by atoms with Gasteiger partial charge in [-0.1, -0.05) is 30.3 Å². The van der Waals surface area contributed by atoms with E-state index in [-0.39, 0.29) is 0 Å². The van der Waals surface area contributed by atoms with Gasteiger partial charge in [-0.3, -0.25) is 4.99 Å². The number of rotatable bonds is 8. The predicted molar refractivity (Wildman–Crippen MR) is 104 cm³/mol. The first-order chi connectivity index (χ1) is 11.7. The number of aromatic nitrogens is 1. The fraction of sp³-hybridized carbons (Fsp3) is 0.474. The van der Waals surface area contributed by atoms with Crippen molar-refractivity contribution in [1.82, 2.24) is 15.6 Å². The molecule has 1 atom stereocenters. The monoisotopic (exact) mass is 344 g/mol. The first-order valence-corrected chi connectivity index (χ1v) is 9.55. The van der Waals surface area contributed by atoms with Crippen LogP contribution in [0.25, 0.3) is 0 Å². The average molecular weight is 345 g/mol. The van der Waals surface area contributed by atoms with Crippen LogP contribution in [0, 0.1) is 6.92 Å². The second-order valence-electron chi connectivity index (χ2n) is 5.94. The molecule has 2 rings (SSSR count). The van der Waals surface area contributed by atoms with Crippen LogP contribution in [-0.4, -0.2) is 30.1 Å². The third kappa shape index (κ3) is 6.71. The number of aliphatic imine (C=N–C) groups is 1. The number of aryl methyl sites for hydroxylation is 2. The third-order valence-corrected chi connectivity index (χ3v) is 4.56.